The SMILES string of the molecule is O=[N+]([O-])c1c(-c2ccccc2F)cncc1-c1ccccc1F. The highest BCUT2D eigenvalue weighted by molar-refractivity contribution is 5.85. The Kier molecular flexibility index (Phi) is 3.80. The first kappa shape index (κ1) is 14.8. The minimum atomic E-state index is -0.648. The van der Waals surface area contributed by atoms with Crippen LogP contribution < -0.4 is 0 Å². The largest absolute Gasteiger partial charge is 0.288 e. The smallest absolute Gasteiger partial charge is 0.263 e. The van der Waals surface area contributed by atoms with Crippen LogP contribution in [0, 0.1) is 21.7 Å². The Bertz CT molecular complexity index is 834. The number of benzene rings is 2. The summed E-state index contributed by atoms with van der Waals surface area (Å²) in [5, 5.41) is 11.5. The number of halogens is 2. The Balaban J connectivity index is 2.33. The first-order chi connectivity index (χ1) is 11.1. The zero-order chi connectivity index (χ0) is 16.4. The van der Waals surface area contributed by atoms with Gasteiger partial charge >= 0.3 is 0 Å². The fraction of sp³-hybridized carbons (Fsp3) is 0. The van der Waals surface area contributed by atoms with Gasteiger partial charge in [-0.1, -0.05) is 36.4 Å². The summed E-state index contributed by atoms with van der Waals surface area (Å²) >= 11 is 0. The molecule has 0 aliphatic carbocycles. The molecular formula is C17H10F2N2O2. The molecule has 0 fully saturated rings. The Labute approximate surface area is 130 Å². The van der Waals surface area contributed by atoms with Crippen LogP contribution in [0.3, 0.4) is 0 Å². The summed E-state index contributed by atoms with van der Waals surface area (Å²) in [5.74, 6) is -1.22. The summed E-state index contributed by atoms with van der Waals surface area (Å²) in [4.78, 5) is 14.8. The minimum Gasteiger partial charge on any atom is -0.263 e. The lowest BCUT2D eigenvalue weighted by molar-refractivity contribution is -0.383. The average Bonchev–Trinajstić information content (AvgIpc) is 2.55. The highest BCUT2D eigenvalue weighted by atomic mass is 19.1. The molecule has 23 heavy (non-hydrogen) atoms. The van der Waals surface area contributed by atoms with E-state index in [0.717, 1.165) is 0 Å². The van der Waals surface area contributed by atoms with Crippen molar-refractivity contribution in [1.82, 2.24) is 4.98 Å². The van der Waals surface area contributed by atoms with Crippen LogP contribution in [0.1, 0.15) is 0 Å². The van der Waals surface area contributed by atoms with Gasteiger partial charge in [0.25, 0.3) is 5.69 Å². The van der Waals surface area contributed by atoms with Crippen LogP contribution in [0.5, 0.6) is 0 Å². The van der Waals surface area contributed by atoms with E-state index in [1.54, 1.807) is 12.1 Å². The van der Waals surface area contributed by atoms with Crippen LogP contribution >= 0.6 is 0 Å². The molecule has 0 unspecified atom stereocenters. The predicted octanol–water partition coefficient (Wildman–Crippen LogP) is 4.60. The molecule has 0 bridgehead atoms. The number of rotatable bonds is 3. The van der Waals surface area contributed by atoms with Gasteiger partial charge in [0.2, 0.25) is 0 Å². The molecule has 3 rings (SSSR count). The summed E-state index contributed by atoms with van der Waals surface area (Å²) < 4.78 is 28.0. The maximum absolute atomic E-state index is 14.0. The molecule has 4 nitrogen and oxygen atoms in total. The maximum Gasteiger partial charge on any atom is 0.288 e. The monoisotopic (exact) mass is 312 g/mol. The lowest BCUT2D eigenvalue weighted by atomic mass is 9.98. The second kappa shape index (κ2) is 5.92. The number of nitrogens with zero attached hydrogens (tertiary/aromatic N) is 2. The number of nitro groups is 1. The van der Waals surface area contributed by atoms with Crippen molar-refractivity contribution in [2.75, 3.05) is 0 Å². The maximum atomic E-state index is 14.0. The Morgan fingerprint density at radius 1 is 0.783 bits per heavy atom. The van der Waals surface area contributed by atoms with E-state index < -0.39 is 16.6 Å². The zero-order valence-corrected chi connectivity index (χ0v) is 11.7. The van der Waals surface area contributed by atoms with Crippen LogP contribution in [0.4, 0.5) is 14.5 Å². The summed E-state index contributed by atoms with van der Waals surface area (Å²) in [7, 11) is 0. The molecule has 0 N–H and O–H groups in total. The molecule has 0 amide bonds. The van der Waals surface area contributed by atoms with Gasteiger partial charge in [-0.25, -0.2) is 8.78 Å². The van der Waals surface area contributed by atoms with Crippen molar-refractivity contribution in [2.45, 2.75) is 0 Å². The zero-order valence-electron chi connectivity index (χ0n) is 11.7. The third kappa shape index (κ3) is 2.66. The van der Waals surface area contributed by atoms with Crippen molar-refractivity contribution in [3.05, 3.63) is 82.7 Å². The van der Waals surface area contributed by atoms with Crippen LogP contribution in [0.15, 0.2) is 60.9 Å². The van der Waals surface area contributed by atoms with Crippen molar-refractivity contribution < 1.29 is 13.7 Å². The van der Waals surface area contributed by atoms with Crippen LogP contribution in [0.25, 0.3) is 22.3 Å². The van der Waals surface area contributed by atoms with Gasteiger partial charge < -0.3 is 0 Å². The van der Waals surface area contributed by atoms with Gasteiger partial charge in [0, 0.05) is 23.5 Å². The van der Waals surface area contributed by atoms with Crippen LogP contribution in [-0.4, -0.2) is 9.91 Å². The topological polar surface area (TPSA) is 56.0 Å². The van der Waals surface area contributed by atoms with Crippen LogP contribution in [0.2, 0.25) is 0 Å². The number of hydrogen-bond acceptors (Lipinski definition) is 3. The van der Waals surface area contributed by atoms with Gasteiger partial charge in [0.1, 0.15) is 11.6 Å². The molecule has 114 valence electrons. The number of hydrogen-bond donors (Lipinski definition) is 0. The predicted molar refractivity (Wildman–Crippen MR) is 81.7 cm³/mol. The van der Waals surface area contributed by atoms with Gasteiger partial charge in [0.15, 0.2) is 0 Å². The average molecular weight is 312 g/mol. The summed E-state index contributed by atoms with van der Waals surface area (Å²) in [6.45, 7) is 0. The second-order valence-corrected chi connectivity index (χ2v) is 4.80. The van der Waals surface area contributed by atoms with E-state index in [0.29, 0.717) is 0 Å². The van der Waals surface area contributed by atoms with Gasteiger partial charge in [-0.15, -0.1) is 0 Å². The standard InChI is InChI=1S/C17H10F2N2O2/c18-15-7-3-1-5-11(15)13-9-20-10-14(17(13)21(22)23)12-6-2-4-8-16(12)19/h1-10H. The van der Waals surface area contributed by atoms with Gasteiger partial charge in [0.05, 0.1) is 16.1 Å². The second-order valence-electron chi connectivity index (χ2n) is 4.80. The van der Waals surface area contributed by atoms with E-state index in [1.807, 2.05) is 0 Å². The fourth-order valence-electron chi connectivity index (χ4n) is 2.40. The third-order valence-corrected chi connectivity index (χ3v) is 3.43. The molecule has 1 aromatic heterocycles. The lowest BCUT2D eigenvalue weighted by Gasteiger charge is -2.09. The molecule has 0 aliphatic heterocycles. The van der Waals surface area contributed by atoms with Crippen molar-refractivity contribution in [3.8, 4) is 22.3 Å². The van der Waals surface area contributed by atoms with Crippen molar-refractivity contribution >= 4 is 5.69 Å². The van der Waals surface area contributed by atoms with E-state index >= 15 is 0 Å². The molecule has 0 saturated heterocycles. The van der Waals surface area contributed by atoms with Gasteiger partial charge in [-0.05, 0) is 12.1 Å². The normalized spacial score (nSPS) is 10.5. The Morgan fingerprint density at radius 2 is 1.22 bits per heavy atom. The van der Waals surface area contributed by atoms with E-state index in [4.69, 9.17) is 0 Å². The molecule has 2 aromatic carbocycles. The molecule has 0 atom stereocenters. The van der Waals surface area contributed by atoms with E-state index in [9.17, 15) is 18.9 Å². The molecule has 0 aliphatic rings. The molecule has 0 spiro atoms. The summed E-state index contributed by atoms with van der Waals surface area (Å²) in [5.41, 5.74) is -0.271. The fourth-order valence-corrected chi connectivity index (χ4v) is 2.40. The molecule has 6 heteroatoms. The Morgan fingerprint density at radius 3 is 1.61 bits per heavy atom. The molecule has 1 heterocycles. The van der Waals surface area contributed by atoms with Gasteiger partial charge in [-0.3, -0.25) is 15.1 Å². The van der Waals surface area contributed by atoms with Crippen molar-refractivity contribution in [2.24, 2.45) is 0 Å². The van der Waals surface area contributed by atoms with Crippen molar-refractivity contribution in [1.29, 1.82) is 0 Å². The highest BCUT2D eigenvalue weighted by Gasteiger charge is 2.25. The lowest BCUT2D eigenvalue weighted by Crippen LogP contribution is -1.99. The van der Waals surface area contributed by atoms with E-state index in [2.05, 4.69) is 4.98 Å². The Hall–Kier alpha value is -3.15. The molecular weight excluding hydrogens is 302 g/mol. The van der Waals surface area contributed by atoms with E-state index in [-0.39, 0.29) is 27.9 Å². The third-order valence-electron chi connectivity index (χ3n) is 3.43. The van der Waals surface area contributed by atoms with Crippen LogP contribution in [-0.2, 0) is 0 Å². The quantitative estimate of drug-likeness (QED) is 0.524. The van der Waals surface area contributed by atoms with Crippen molar-refractivity contribution in [3.63, 3.8) is 0 Å². The molecule has 3 aromatic rings. The molecule has 0 saturated carbocycles. The first-order valence-electron chi connectivity index (χ1n) is 6.72. The minimum absolute atomic E-state index is 0.00820. The van der Waals surface area contributed by atoms with Gasteiger partial charge in [-0.2, -0.15) is 0 Å². The number of aromatic nitrogens is 1. The molecule has 0 radical (unpaired) electrons. The summed E-state index contributed by atoms with van der Waals surface area (Å²) in [6.07, 6.45) is 2.42. The summed E-state index contributed by atoms with van der Waals surface area (Å²) in [6, 6.07) is 11.4. The number of pyridine rings is 1. The van der Waals surface area contributed by atoms with E-state index in [1.165, 1.54) is 48.8 Å². The highest BCUT2D eigenvalue weighted by Crippen LogP contribution is 2.39. The first-order valence-corrected chi connectivity index (χ1v) is 6.72.